The fraction of sp³-hybridized carbons (Fsp3) is 0.118. The Labute approximate surface area is 126 Å². The van der Waals surface area contributed by atoms with Crippen molar-refractivity contribution < 1.29 is 19.1 Å². The van der Waals surface area contributed by atoms with Gasteiger partial charge >= 0.3 is 0 Å². The molecule has 0 bridgehead atoms. The highest BCUT2D eigenvalue weighted by Crippen LogP contribution is 2.31. The third kappa shape index (κ3) is 2.21. The summed E-state index contributed by atoms with van der Waals surface area (Å²) in [6.07, 6.45) is 0. The van der Waals surface area contributed by atoms with Crippen LogP contribution in [0.5, 0.6) is 0 Å². The zero-order chi connectivity index (χ0) is 15.7. The van der Waals surface area contributed by atoms with Crippen LogP contribution in [-0.2, 0) is 9.53 Å². The number of fused-ring (bicyclic) bond motifs is 2. The largest absolute Gasteiger partial charge is 0.375 e. The minimum absolute atomic E-state index is 0.123. The molecule has 3 rings (SSSR count). The van der Waals surface area contributed by atoms with E-state index in [4.69, 9.17) is 4.74 Å². The molecule has 1 aliphatic rings. The lowest BCUT2D eigenvalue weighted by atomic mass is 9.83. The Kier molecular flexibility index (Phi) is 3.56. The lowest BCUT2D eigenvalue weighted by Crippen LogP contribution is -2.25. The first kappa shape index (κ1) is 14.2. The fourth-order valence-corrected chi connectivity index (χ4v) is 2.57. The van der Waals surface area contributed by atoms with E-state index in [9.17, 15) is 14.4 Å². The van der Waals surface area contributed by atoms with E-state index in [0.29, 0.717) is 22.4 Å². The number of anilines is 1. The highest BCUT2D eigenvalue weighted by molar-refractivity contribution is 6.30. The molecule has 0 radical (unpaired) electrons. The van der Waals surface area contributed by atoms with Gasteiger partial charge in [-0.3, -0.25) is 14.4 Å². The number of amides is 1. The Morgan fingerprint density at radius 3 is 2.27 bits per heavy atom. The summed E-state index contributed by atoms with van der Waals surface area (Å²) in [5.41, 5.74) is 1.61. The van der Waals surface area contributed by atoms with Crippen LogP contribution in [0.3, 0.4) is 0 Å². The predicted octanol–water partition coefficient (Wildman–Crippen LogP) is 2.05. The number of carbonyl (C=O) groups is 3. The molecule has 2 aromatic rings. The van der Waals surface area contributed by atoms with Gasteiger partial charge in [0.15, 0.2) is 11.6 Å². The zero-order valence-corrected chi connectivity index (χ0v) is 11.9. The van der Waals surface area contributed by atoms with Crippen LogP contribution in [0, 0.1) is 0 Å². The maximum atomic E-state index is 12.7. The van der Waals surface area contributed by atoms with Crippen LogP contribution in [-0.4, -0.2) is 31.2 Å². The molecule has 1 N–H and O–H groups in total. The zero-order valence-electron chi connectivity index (χ0n) is 11.9. The smallest absolute Gasteiger partial charge is 0.250 e. The number of methoxy groups -OCH3 is 1. The van der Waals surface area contributed by atoms with Gasteiger partial charge < -0.3 is 10.1 Å². The topological polar surface area (TPSA) is 72.5 Å². The van der Waals surface area contributed by atoms with Gasteiger partial charge in [-0.05, 0) is 6.07 Å². The fourth-order valence-electron chi connectivity index (χ4n) is 2.57. The van der Waals surface area contributed by atoms with Crippen molar-refractivity contribution in [2.75, 3.05) is 19.0 Å². The van der Waals surface area contributed by atoms with E-state index < -0.39 is 0 Å². The van der Waals surface area contributed by atoms with Gasteiger partial charge in [0.2, 0.25) is 5.91 Å². The maximum Gasteiger partial charge on any atom is 0.250 e. The lowest BCUT2D eigenvalue weighted by molar-refractivity contribution is -0.119. The molecule has 0 heterocycles. The van der Waals surface area contributed by atoms with E-state index in [-0.39, 0.29) is 29.6 Å². The summed E-state index contributed by atoms with van der Waals surface area (Å²) in [5.74, 6) is -0.860. The van der Waals surface area contributed by atoms with Crippen molar-refractivity contribution in [3.63, 3.8) is 0 Å². The van der Waals surface area contributed by atoms with Gasteiger partial charge in [-0.1, -0.05) is 36.4 Å². The van der Waals surface area contributed by atoms with E-state index >= 15 is 0 Å². The van der Waals surface area contributed by atoms with Crippen LogP contribution in [0.15, 0.2) is 42.5 Å². The highest BCUT2D eigenvalue weighted by atomic mass is 16.5. The van der Waals surface area contributed by atoms with Gasteiger partial charge in [0, 0.05) is 23.8 Å². The molecule has 0 saturated carbocycles. The molecule has 0 aliphatic heterocycles. The summed E-state index contributed by atoms with van der Waals surface area (Å²) in [4.78, 5) is 36.9. The summed E-state index contributed by atoms with van der Waals surface area (Å²) in [5, 5.41) is 2.62. The number of nitrogens with one attached hydrogen (secondary N) is 1. The van der Waals surface area contributed by atoms with Crippen molar-refractivity contribution >= 4 is 23.2 Å². The molecule has 22 heavy (non-hydrogen) atoms. The first-order chi connectivity index (χ1) is 10.6. The van der Waals surface area contributed by atoms with Crippen molar-refractivity contribution in [3.8, 4) is 0 Å². The lowest BCUT2D eigenvalue weighted by Gasteiger charge is -2.20. The first-order valence-electron chi connectivity index (χ1n) is 6.73. The van der Waals surface area contributed by atoms with E-state index in [1.54, 1.807) is 42.5 Å². The van der Waals surface area contributed by atoms with Gasteiger partial charge in [0.25, 0.3) is 0 Å². The van der Waals surface area contributed by atoms with Crippen molar-refractivity contribution in [3.05, 3.63) is 64.7 Å². The molecular formula is C17H13NO4. The summed E-state index contributed by atoms with van der Waals surface area (Å²) >= 11 is 0. The Morgan fingerprint density at radius 1 is 0.955 bits per heavy atom. The molecule has 0 spiro atoms. The Balaban J connectivity index is 2.11. The molecule has 110 valence electrons. The Bertz CT molecular complexity index is 795. The molecular weight excluding hydrogens is 282 g/mol. The van der Waals surface area contributed by atoms with Crippen LogP contribution < -0.4 is 5.32 Å². The van der Waals surface area contributed by atoms with E-state index in [1.165, 1.54) is 7.11 Å². The molecule has 0 unspecified atom stereocenters. The second-order valence-corrected chi connectivity index (χ2v) is 4.91. The number of rotatable bonds is 3. The second kappa shape index (κ2) is 5.54. The number of hydrogen-bond donors (Lipinski definition) is 1. The summed E-state index contributed by atoms with van der Waals surface area (Å²) in [6, 6.07) is 11.5. The standard InChI is InChI=1S/C17H13NO4/c1-22-9-14(19)18-13-8-4-7-12-15(13)17(21)11-6-3-2-5-10(11)16(12)20/h2-8H,9H2,1H3,(H,18,19). The van der Waals surface area contributed by atoms with Crippen molar-refractivity contribution in [1.82, 2.24) is 0 Å². The third-order valence-corrected chi connectivity index (χ3v) is 3.50. The Morgan fingerprint density at radius 2 is 1.59 bits per heavy atom. The van der Waals surface area contributed by atoms with Gasteiger partial charge in [-0.2, -0.15) is 0 Å². The molecule has 0 fully saturated rings. The number of ether oxygens (including phenoxy) is 1. The maximum absolute atomic E-state index is 12.7. The molecule has 0 saturated heterocycles. The molecule has 1 amide bonds. The van der Waals surface area contributed by atoms with E-state index in [2.05, 4.69) is 5.32 Å². The van der Waals surface area contributed by atoms with Crippen molar-refractivity contribution in [2.45, 2.75) is 0 Å². The van der Waals surface area contributed by atoms with Gasteiger partial charge in [0.1, 0.15) is 6.61 Å². The van der Waals surface area contributed by atoms with Crippen molar-refractivity contribution in [2.24, 2.45) is 0 Å². The predicted molar refractivity (Wildman–Crippen MR) is 80.3 cm³/mol. The number of carbonyl (C=O) groups excluding carboxylic acids is 3. The molecule has 0 atom stereocenters. The van der Waals surface area contributed by atoms with Crippen LogP contribution in [0.1, 0.15) is 31.8 Å². The van der Waals surface area contributed by atoms with Crippen LogP contribution in [0.2, 0.25) is 0 Å². The van der Waals surface area contributed by atoms with E-state index in [0.717, 1.165) is 0 Å². The molecule has 5 heteroatoms. The van der Waals surface area contributed by atoms with Crippen LogP contribution >= 0.6 is 0 Å². The Hall–Kier alpha value is -2.79. The van der Waals surface area contributed by atoms with Gasteiger partial charge in [0.05, 0.1) is 11.3 Å². The minimum atomic E-state index is -0.380. The van der Waals surface area contributed by atoms with Crippen LogP contribution in [0.25, 0.3) is 0 Å². The monoisotopic (exact) mass is 295 g/mol. The second-order valence-electron chi connectivity index (χ2n) is 4.91. The average Bonchev–Trinajstić information content (AvgIpc) is 2.53. The van der Waals surface area contributed by atoms with E-state index in [1.807, 2.05) is 0 Å². The SMILES string of the molecule is COCC(=O)Nc1cccc2c1C(=O)c1ccccc1C2=O. The molecule has 1 aliphatic carbocycles. The molecule has 2 aromatic carbocycles. The average molecular weight is 295 g/mol. The van der Waals surface area contributed by atoms with Crippen molar-refractivity contribution in [1.29, 1.82) is 0 Å². The highest BCUT2D eigenvalue weighted by Gasteiger charge is 2.31. The quantitative estimate of drug-likeness (QED) is 0.802. The van der Waals surface area contributed by atoms with Gasteiger partial charge in [-0.25, -0.2) is 0 Å². The molecule has 5 nitrogen and oxygen atoms in total. The number of benzene rings is 2. The summed E-state index contributed by atoms with van der Waals surface area (Å²) in [7, 11) is 1.41. The third-order valence-electron chi connectivity index (χ3n) is 3.50. The summed E-state index contributed by atoms with van der Waals surface area (Å²) in [6.45, 7) is -0.123. The number of ketones is 2. The molecule has 0 aromatic heterocycles. The number of hydrogen-bond acceptors (Lipinski definition) is 4. The normalized spacial score (nSPS) is 12.6. The van der Waals surface area contributed by atoms with Crippen LogP contribution in [0.4, 0.5) is 5.69 Å². The van der Waals surface area contributed by atoms with Gasteiger partial charge in [-0.15, -0.1) is 0 Å². The summed E-state index contributed by atoms with van der Waals surface area (Å²) < 4.78 is 4.76. The minimum Gasteiger partial charge on any atom is -0.375 e. The first-order valence-corrected chi connectivity index (χ1v) is 6.73.